The van der Waals surface area contributed by atoms with Gasteiger partial charge in [-0.15, -0.1) is 0 Å². The van der Waals surface area contributed by atoms with Gasteiger partial charge in [-0.2, -0.15) is 0 Å². The molecule has 0 heterocycles. The van der Waals surface area contributed by atoms with Crippen LogP contribution in [0.15, 0.2) is 0 Å². The van der Waals surface area contributed by atoms with Crippen molar-refractivity contribution >= 4 is 41.2 Å². The number of rotatable bonds is 4. The number of hydrogen-bond donors (Lipinski definition) is 0. The van der Waals surface area contributed by atoms with Crippen LogP contribution >= 0.6 is 0 Å². The molecular formula is C4H10Se3. The molecule has 0 spiro atoms. The maximum atomic E-state index is 2.35. The van der Waals surface area contributed by atoms with Gasteiger partial charge in [0.25, 0.3) is 0 Å². The monoisotopic (exact) mass is 298 g/mol. The van der Waals surface area contributed by atoms with E-state index in [1.807, 2.05) is 0 Å². The van der Waals surface area contributed by atoms with Crippen molar-refractivity contribution in [2.75, 3.05) is 0 Å². The summed E-state index contributed by atoms with van der Waals surface area (Å²) in [4.78, 5) is 0. The first-order chi connectivity index (χ1) is 3.41. The van der Waals surface area contributed by atoms with E-state index in [4.69, 9.17) is 0 Å². The maximum absolute atomic E-state index is 2.35. The van der Waals surface area contributed by atoms with Crippen LogP contribution in [0.25, 0.3) is 0 Å². The van der Waals surface area contributed by atoms with E-state index >= 15 is 0 Å². The molecule has 0 rings (SSSR count). The molecule has 0 nitrogen and oxygen atoms in total. The Balaban J connectivity index is 2.45. The van der Waals surface area contributed by atoms with Crippen LogP contribution in [0.2, 0.25) is 15.4 Å². The summed E-state index contributed by atoms with van der Waals surface area (Å²) >= 11 is 3.07. The zero-order chi connectivity index (χ0) is 5.54. The van der Waals surface area contributed by atoms with E-state index in [0.29, 0.717) is 0 Å². The second-order valence-corrected chi connectivity index (χ2v) is 13.4. The Bertz CT molecular complexity index is 26.1. The summed E-state index contributed by atoms with van der Waals surface area (Å²) in [5, 5.41) is 1.45. The van der Waals surface area contributed by atoms with Gasteiger partial charge in [0.1, 0.15) is 0 Å². The third kappa shape index (κ3) is 7.56. The summed E-state index contributed by atoms with van der Waals surface area (Å²) < 4.78 is 1.59. The summed E-state index contributed by atoms with van der Waals surface area (Å²) in [5.74, 6) is 2.35. The molecule has 0 fully saturated rings. The van der Waals surface area contributed by atoms with Crippen molar-refractivity contribution in [1.82, 2.24) is 0 Å². The second kappa shape index (κ2) is 7.56. The Morgan fingerprint density at radius 1 is 1.43 bits per heavy atom. The normalized spacial score (nSPS) is 9.43. The van der Waals surface area contributed by atoms with Gasteiger partial charge in [-0.05, 0) is 0 Å². The molecule has 0 aromatic carbocycles. The first-order valence-electron chi connectivity index (χ1n) is 2.15. The predicted molar refractivity (Wildman–Crippen MR) is 38.4 cm³/mol. The van der Waals surface area contributed by atoms with Crippen molar-refractivity contribution in [1.29, 1.82) is 0 Å². The van der Waals surface area contributed by atoms with Crippen LogP contribution < -0.4 is 0 Å². The van der Waals surface area contributed by atoms with Crippen molar-refractivity contribution in [3.8, 4) is 0 Å². The van der Waals surface area contributed by atoms with E-state index < -0.39 is 0 Å². The molecule has 0 N–H and O–H groups in total. The molecule has 7 heavy (non-hydrogen) atoms. The van der Waals surface area contributed by atoms with Crippen LogP contribution in [0.4, 0.5) is 0 Å². The van der Waals surface area contributed by atoms with Crippen molar-refractivity contribution in [2.45, 2.75) is 22.3 Å². The first-order valence-corrected chi connectivity index (χ1v) is 11.8. The van der Waals surface area contributed by atoms with Crippen LogP contribution in [0, 0.1) is 0 Å². The Labute approximate surface area is 63.2 Å². The standard InChI is InChI=1S/C4H10Se3/c1-3-6-4-7-5-2/h3-4H2,1-2H3. The van der Waals surface area contributed by atoms with Crippen molar-refractivity contribution in [3.05, 3.63) is 0 Å². The molecule has 0 saturated heterocycles. The SMILES string of the molecule is CC[Se]C[Se][Se]C. The van der Waals surface area contributed by atoms with Gasteiger partial charge in [-0.3, -0.25) is 0 Å². The van der Waals surface area contributed by atoms with Crippen molar-refractivity contribution in [3.63, 3.8) is 0 Å². The Hall–Kier alpha value is 1.56. The van der Waals surface area contributed by atoms with Crippen LogP contribution in [0.5, 0.6) is 0 Å². The van der Waals surface area contributed by atoms with Crippen molar-refractivity contribution in [2.24, 2.45) is 0 Å². The van der Waals surface area contributed by atoms with Crippen LogP contribution in [0.1, 0.15) is 6.92 Å². The average Bonchev–Trinajstić information content (AvgIpc) is 1.69. The van der Waals surface area contributed by atoms with E-state index in [9.17, 15) is 0 Å². The molecule has 0 aromatic rings. The predicted octanol–water partition coefficient (Wildman–Crippen LogP) is 0.876. The summed E-state index contributed by atoms with van der Waals surface area (Å²) in [6.45, 7) is 2.29. The minimum atomic E-state index is 1.00. The van der Waals surface area contributed by atoms with Crippen LogP contribution in [-0.2, 0) is 0 Å². The number of hydrogen-bond acceptors (Lipinski definition) is 0. The van der Waals surface area contributed by atoms with Gasteiger partial charge in [-0.25, -0.2) is 0 Å². The fourth-order valence-corrected chi connectivity index (χ4v) is 13.8. The summed E-state index contributed by atoms with van der Waals surface area (Å²) in [6.07, 6.45) is 0. The Morgan fingerprint density at radius 3 is 2.57 bits per heavy atom. The first kappa shape index (κ1) is 8.56. The zero-order valence-corrected chi connectivity index (χ0v) is 9.78. The molecule has 0 aliphatic rings. The Kier molecular flexibility index (Phi) is 9.24. The third-order valence-corrected chi connectivity index (χ3v) is 13.2. The molecule has 0 saturated carbocycles. The molecule has 0 bridgehead atoms. The van der Waals surface area contributed by atoms with Gasteiger partial charge in [-0.1, -0.05) is 0 Å². The molecular weight excluding hydrogens is 285 g/mol. The van der Waals surface area contributed by atoms with E-state index in [1.165, 1.54) is 5.32 Å². The zero-order valence-electron chi connectivity index (χ0n) is 4.64. The summed E-state index contributed by atoms with van der Waals surface area (Å²) in [5.41, 5.74) is 0. The van der Waals surface area contributed by atoms with Gasteiger partial charge in [0.2, 0.25) is 0 Å². The topological polar surface area (TPSA) is 0 Å². The van der Waals surface area contributed by atoms with Crippen LogP contribution in [0.3, 0.4) is 0 Å². The van der Waals surface area contributed by atoms with Crippen LogP contribution in [-0.4, -0.2) is 41.2 Å². The van der Waals surface area contributed by atoms with E-state index in [1.54, 1.807) is 4.22 Å². The summed E-state index contributed by atoms with van der Waals surface area (Å²) in [7, 11) is 0. The molecule has 0 unspecified atom stereocenters. The van der Waals surface area contributed by atoms with E-state index in [2.05, 4.69) is 12.7 Å². The molecule has 0 aliphatic carbocycles. The fraction of sp³-hybridized carbons (Fsp3) is 1.00. The molecule has 0 aliphatic heterocycles. The fourth-order valence-electron chi connectivity index (χ4n) is 0.165. The molecule has 0 aromatic heterocycles. The second-order valence-electron chi connectivity index (χ2n) is 0.895. The molecule has 0 radical (unpaired) electrons. The van der Waals surface area contributed by atoms with E-state index in [-0.39, 0.29) is 0 Å². The van der Waals surface area contributed by atoms with Crippen molar-refractivity contribution < 1.29 is 0 Å². The Morgan fingerprint density at radius 2 is 2.14 bits per heavy atom. The molecule has 0 amide bonds. The van der Waals surface area contributed by atoms with Gasteiger partial charge < -0.3 is 0 Å². The minimum absolute atomic E-state index is 1.00. The molecule has 0 atom stereocenters. The third-order valence-electron chi connectivity index (χ3n) is 0.453. The molecule has 44 valence electrons. The molecule has 3 heteroatoms. The van der Waals surface area contributed by atoms with Gasteiger partial charge >= 0.3 is 63.5 Å². The van der Waals surface area contributed by atoms with Gasteiger partial charge in [0.15, 0.2) is 0 Å². The van der Waals surface area contributed by atoms with Gasteiger partial charge in [0.05, 0.1) is 0 Å². The van der Waals surface area contributed by atoms with Gasteiger partial charge in [0, 0.05) is 0 Å². The van der Waals surface area contributed by atoms with E-state index in [0.717, 1.165) is 41.2 Å². The quantitative estimate of drug-likeness (QED) is 0.533. The summed E-state index contributed by atoms with van der Waals surface area (Å²) in [6, 6.07) is 0. The average molecular weight is 295 g/mol.